The topological polar surface area (TPSA) is 57.2 Å². The lowest BCUT2D eigenvalue weighted by Gasteiger charge is -2.20. The summed E-state index contributed by atoms with van der Waals surface area (Å²) in [6, 6.07) is 3.54. The van der Waals surface area contributed by atoms with Gasteiger partial charge in [0, 0.05) is 18.3 Å². The fourth-order valence-electron chi connectivity index (χ4n) is 1.72. The van der Waals surface area contributed by atoms with Crippen molar-refractivity contribution in [2.75, 3.05) is 6.61 Å². The SMILES string of the molecule is CCCCCOc1cccn(CC(C)(C)N)c1=O. The first-order chi connectivity index (χ1) is 8.44. The van der Waals surface area contributed by atoms with Crippen molar-refractivity contribution < 1.29 is 4.74 Å². The Morgan fingerprint density at radius 1 is 1.39 bits per heavy atom. The molecule has 0 atom stereocenters. The number of rotatable bonds is 7. The minimum absolute atomic E-state index is 0.104. The van der Waals surface area contributed by atoms with E-state index in [1.54, 1.807) is 16.8 Å². The molecule has 0 spiro atoms. The number of hydrogen-bond acceptors (Lipinski definition) is 3. The molecule has 0 bridgehead atoms. The number of unbranched alkanes of at least 4 members (excludes halogenated alkanes) is 2. The van der Waals surface area contributed by atoms with Crippen LogP contribution in [0, 0.1) is 0 Å². The fourth-order valence-corrected chi connectivity index (χ4v) is 1.72. The maximum atomic E-state index is 12.1. The van der Waals surface area contributed by atoms with Crippen LogP contribution in [-0.2, 0) is 6.54 Å². The molecule has 0 saturated carbocycles. The summed E-state index contributed by atoms with van der Waals surface area (Å²) >= 11 is 0. The Morgan fingerprint density at radius 2 is 2.11 bits per heavy atom. The molecule has 4 nitrogen and oxygen atoms in total. The summed E-state index contributed by atoms with van der Waals surface area (Å²) in [6.45, 7) is 7.01. The molecule has 102 valence electrons. The maximum absolute atomic E-state index is 12.1. The molecule has 4 heteroatoms. The van der Waals surface area contributed by atoms with Gasteiger partial charge in [0.1, 0.15) is 0 Å². The van der Waals surface area contributed by atoms with E-state index >= 15 is 0 Å². The molecule has 0 amide bonds. The number of nitrogens with two attached hydrogens (primary N) is 1. The van der Waals surface area contributed by atoms with Crippen LogP contribution in [0.25, 0.3) is 0 Å². The van der Waals surface area contributed by atoms with Gasteiger partial charge in [0.25, 0.3) is 5.56 Å². The molecule has 0 radical (unpaired) electrons. The van der Waals surface area contributed by atoms with Crippen LogP contribution < -0.4 is 16.0 Å². The molecule has 1 rings (SSSR count). The number of nitrogens with zero attached hydrogens (tertiary/aromatic N) is 1. The van der Waals surface area contributed by atoms with Crippen molar-refractivity contribution in [2.45, 2.75) is 52.1 Å². The van der Waals surface area contributed by atoms with Gasteiger partial charge in [0.2, 0.25) is 0 Å². The first kappa shape index (κ1) is 14.8. The lowest BCUT2D eigenvalue weighted by Crippen LogP contribution is -2.40. The van der Waals surface area contributed by atoms with E-state index in [4.69, 9.17) is 10.5 Å². The molecule has 0 aliphatic carbocycles. The highest BCUT2D eigenvalue weighted by Gasteiger charge is 2.13. The fraction of sp³-hybridized carbons (Fsp3) is 0.643. The molecule has 1 aromatic heterocycles. The molecule has 18 heavy (non-hydrogen) atoms. The van der Waals surface area contributed by atoms with Gasteiger partial charge in [-0.3, -0.25) is 4.79 Å². The van der Waals surface area contributed by atoms with Gasteiger partial charge in [-0.05, 0) is 32.4 Å². The van der Waals surface area contributed by atoms with Crippen molar-refractivity contribution >= 4 is 0 Å². The zero-order valence-corrected chi connectivity index (χ0v) is 11.6. The molecular weight excluding hydrogens is 228 g/mol. The monoisotopic (exact) mass is 252 g/mol. The third kappa shape index (κ3) is 4.92. The van der Waals surface area contributed by atoms with Crippen molar-refractivity contribution in [1.82, 2.24) is 4.57 Å². The van der Waals surface area contributed by atoms with Crippen molar-refractivity contribution in [3.8, 4) is 5.75 Å². The molecule has 0 fully saturated rings. The van der Waals surface area contributed by atoms with E-state index in [1.165, 1.54) is 0 Å². The summed E-state index contributed by atoms with van der Waals surface area (Å²) in [5, 5.41) is 0. The van der Waals surface area contributed by atoms with E-state index in [-0.39, 0.29) is 5.56 Å². The van der Waals surface area contributed by atoms with Gasteiger partial charge in [-0.15, -0.1) is 0 Å². The van der Waals surface area contributed by atoms with Crippen LogP contribution in [0.4, 0.5) is 0 Å². The van der Waals surface area contributed by atoms with Crippen LogP contribution >= 0.6 is 0 Å². The van der Waals surface area contributed by atoms with Crippen molar-refractivity contribution in [1.29, 1.82) is 0 Å². The highest BCUT2D eigenvalue weighted by molar-refractivity contribution is 5.17. The van der Waals surface area contributed by atoms with Crippen molar-refractivity contribution in [2.24, 2.45) is 5.73 Å². The minimum atomic E-state index is -0.412. The lowest BCUT2D eigenvalue weighted by atomic mass is 10.1. The molecule has 1 aromatic rings. The van der Waals surface area contributed by atoms with E-state index in [2.05, 4.69) is 6.92 Å². The molecule has 1 heterocycles. The van der Waals surface area contributed by atoms with Gasteiger partial charge in [0.05, 0.1) is 6.61 Å². The largest absolute Gasteiger partial charge is 0.488 e. The Bertz CT molecular complexity index is 419. The van der Waals surface area contributed by atoms with Crippen LogP contribution in [0.5, 0.6) is 5.75 Å². The van der Waals surface area contributed by atoms with Crippen LogP contribution in [0.2, 0.25) is 0 Å². The highest BCUT2D eigenvalue weighted by atomic mass is 16.5. The van der Waals surface area contributed by atoms with E-state index < -0.39 is 5.54 Å². The average Bonchev–Trinajstić information content (AvgIpc) is 2.27. The molecule has 0 aromatic carbocycles. The van der Waals surface area contributed by atoms with Crippen molar-refractivity contribution in [3.05, 3.63) is 28.7 Å². The first-order valence-electron chi connectivity index (χ1n) is 6.55. The first-order valence-corrected chi connectivity index (χ1v) is 6.55. The van der Waals surface area contributed by atoms with Gasteiger partial charge >= 0.3 is 0 Å². The Morgan fingerprint density at radius 3 is 2.72 bits per heavy atom. The van der Waals surface area contributed by atoms with E-state index in [0.717, 1.165) is 19.3 Å². The summed E-state index contributed by atoms with van der Waals surface area (Å²) in [5.41, 5.74) is 5.41. The average molecular weight is 252 g/mol. The van der Waals surface area contributed by atoms with Crippen LogP contribution in [-0.4, -0.2) is 16.7 Å². The number of hydrogen-bond donors (Lipinski definition) is 1. The van der Waals surface area contributed by atoms with E-state index in [9.17, 15) is 4.79 Å². The summed E-state index contributed by atoms with van der Waals surface area (Å²) in [5.74, 6) is 0.415. The van der Waals surface area contributed by atoms with Gasteiger partial charge in [-0.1, -0.05) is 19.8 Å². The third-order valence-electron chi connectivity index (χ3n) is 2.57. The molecule has 0 aliphatic rings. The maximum Gasteiger partial charge on any atom is 0.292 e. The van der Waals surface area contributed by atoms with Crippen LogP contribution in [0.1, 0.15) is 40.0 Å². The van der Waals surface area contributed by atoms with Gasteiger partial charge < -0.3 is 15.0 Å². The number of ether oxygens (including phenoxy) is 1. The van der Waals surface area contributed by atoms with E-state index in [0.29, 0.717) is 18.9 Å². The van der Waals surface area contributed by atoms with Crippen LogP contribution in [0.15, 0.2) is 23.1 Å². The van der Waals surface area contributed by atoms with Crippen LogP contribution in [0.3, 0.4) is 0 Å². The quantitative estimate of drug-likeness (QED) is 0.756. The normalized spacial score (nSPS) is 11.6. The van der Waals surface area contributed by atoms with Gasteiger partial charge in [-0.25, -0.2) is 0 Å². The summed E-state index contributed by atoms with van der Waals surface area (Å²) in [4.78, 5) is 12.1. The Balaban J connectivity index is 2.70. The number of aromatic nitrogens is 1. The Labute approximate surface area is 109 Å². The second-order valence-electron chi connectivity index (χ2n) is 5.35. The zero-order chi connectivity index (χ0) is 13.6. The Kier molecular flexibility index (Phi) is 5.41. The van der Waals surface area contributed by atoms with Gasteiger partial charge in [-0.2, -0.15) is 0 Å². The zero-order valence-electron chi connectivity index (χ0n) is 11.6. The molecule has 0 saturated heterocycles. The summed E-state index contributed by atoms with van der Waals surface area (Å²) in [6.07, 6.45) is 4.99. The van der Waals surface area contributed by atoms with Gasteiger partial charge in [0.15, 0.2) is 5.75 Å². The second-order valence-corrected chi connectivity index (χ2v) is 5.35. The smallest absolute Gasteiger partial charge is 0.292 e. The molecule has 0 aliphatic heterocycles. The third-order valence-corrected chi connectivity index (χ3v) is 2.57. The lowest BCUT2D eigenvalue weighted by molar-refractivity contribution is 0.297. The molecular formula is C14H24N2O2. The summed E-state index contributed by atoms with van der Waals surface area (Å²) in [7, 11) is 0. The Hall–Kier alpha value is -1.29. The number of pyridine rings is 1. The second kappa shape index (κ2) is 6.59. The highest BCUT2D eigenvalue weighted by Crippen LogP contribution is 2.06. The summed E-state index contributed by atoms with van der Waals surface area (Å²) < 4.78 is 7.13. The van der Waals surface area contributed by atoms with Crippen molar-refractivity contribution in [3.63, 3.8) is 0 Å². The van der Waals surface area contributed by atoms with E-state index in [1.807, 2.05) is 19.9 Å². The standard InChI is InChI=1S/C14H24N2O2/c1-4-5-6-10-18-12-8-7-9-16(13(12)17)11-14(2,3)15/h7-9H,4-6,10-11,15H2,1-3H3. The molecule has 0 unspecified atom stereocenters. The predicted molar refractivity (Wildman–Crippen MR) is 74.0 cm³/mol. The predicted octanol–water partition coefficient (Wildman–Crippen LogP) is 2.15. The minimum Gasteiger partial charge on any atom is -0.488 e. The molecule has 2 N–H and O–H groups in total.